The second-order valence-electron chi connectivity index (χ2n) is 6.63. The molecule has 1 saturated heterocycles. The van der Waals surface area contributed by atoms with Crippen molar-refractivity contribution in [1.82, 2.24) is 10.2 Å². The number of carbonyl (C=O) groups is 1. The number of carbonyl (C=O) groups excluding carboxylic acids is 1. The highest BCUT2D eigenvalue weighted by Crippen LogP contribution is 2.21. The van der Waals surface area contributed by atoms with E-state index in [1.807, 2.05) is 25.1 Å². The Labute approximate surface area is 168 Å². The zero-order valence-corrected chi connectivity index (χ0v) is 17.1. The van der Waals surface area contributed by atoms with Crippen LogP contribution in [0.3, 0.4) is 0 Å². The molecule has 1 unspecified atom stereocenters. The molecule has 144 valence electrons. The second kappa shape index (κ2) is 12.8. The third-order valence-electron chi connectivity index (χ3n) is 4.47. The van der Waals surface area contributed by atoms with Crippen LogP contribution in [0.4, 0.5) is 0 Å². The minimum atomic E-state index is 0. The van der Waals surface area contributed by atoms with Crippen molar-refractivity contribution in [2.24, 2.45) is 11.7 Å². The molecule has 1 atom stereocenters. The summed E-state index contributed by atoms with van der Waals surface area (Å²) in [5.74, 6) is 0.706. The lowest BCUT2D eigenvalue weighted by Gasteiger charge is -2.32. The smallest absolute Gasteiger partial charge is 0.220 e. The molecule has 3 N–H and O–H groups in total. The first-order chi connectivity index (χ1) is 11.0. The van der Waals surface area contributed by atoms with Gasteiger partial charge in [-0.05, 0) is 56.8 Å². The van der Waals surface area contributed by atoms with E-state index < -0.39 is 0 Å². The molecule has 1 amide bonds. The van der Waals surface area contributed by atoms with Crippen LogP contribution in [0.5, 0.6) is 0 Å². The van der Waals surface area contributed by atoms with Crippen molar-refractivity contribution >= 4 is 42.3 Å². The predicted molar refractivity (Wildman–Crippen MR) is 110 cm³/mol. The highest BCUT2D eigenvalue weighted by atomic mass is 35.5. The first-order valence-corrected chi connectivity index (χ1v) is 8.90. The van der Waals surface area contributed by atoms with Gasteiger partial charge in [-0.3, -0.25) is 9.69 Å². The van der Waals surface area contributed by atoms with E-state index in [1.165, 1.54) is 5.56 Å². The largest absolute Gasteiger partial charge is 0.356 e. The van der Waals surface area contributed by atoms with Crippen LogP contribution in [0.25, 0.3) is 0 Å². The Morgan fingerprint density at radius 1 is 1.32 bits per heavy atom. The maximum Gasteiger partial charge on any atom is 0.220 e. The number of halogens is 3. The van der Waals surface area contributed by atoms with Crippen LogP contribution < -0.4 is 11.1 Å². The molecule has 1 aliphatic heterocycles. The zero-order chi connectivity index (χ0) is 16.7. The van der Waals surface area contributed by atoms with Crippen molar-refractivity contribution in [2.75, 3.05) is 19.6 Å². The van der Waals surface area contributed by atoms with Crippen LogP contribution in [0, 0.1) is 5.92 Å². The van der Waals surface area contributed by atoms with Crippen molar-refractivity contribution in [3.63, 3.8) is 0 Å². The third-order valence-corrected chi connectivity index (χ3v) is 4.84. The second-order valence-corrected chi connectivity index (χ2v) is 7.04. The summed E-state index contributed by atoms with van der Waals surface area (Å²) in [4.78, 5) is 14.2. The summed E-state index contributed by atoms with van der Waals surface area (Å²) in [6.07, 6.45) is 3.53. The topological polar surface area (TPSA) is 58.4 Å². The van der Waals surface area contributed by atoms with Gasteiger partial charge in [0.1, 0.15) is 0 Å². The molecule has 0 aromatic heterocycles. The van der Waals surface area contributed by atoms with Crippen molar-refractivity contribution in [1.29, 1.82) is 0 Å². The summed E-state index contributed by atoms with van der Waals surface area (Å²) < 4.78 is 0. The average Bonchev–Trinajstić information content (AvgIpc) is 2.54. The molecular formula is C18H30Cl3N3O. The lowest BCUT2D eigenvalue weighted by Crippen LogP contribution is -2.38. The number of nitrogens with two attached hydrogens (primary N) is 1. The number of amides is 1. The van der Waals surface area contributed by atoms with Gasteiger partial charge in [-0.15, -0.1) is 24.8 Å². The lowest BCUT2D eigenvalue weighted by molar-refractivity contribution is -0.121. The number of rotatable bonds is 7. The fourth-order valence-corrected chi connectivity index (χ4v) is 3.12. The van der Waals surface area contributed by atoms with E-state index in [2.05, 4.69) is 16.3 Å². The SMILES string of the molecule is CC(N)CCC(=O)NCC1CCN(Cc2ccccc2Cl)CC1.Cl.Cl. The van der Waals surface area contributed by atoms with Crippen LogP contribution in [0.1, 0.15) is 38.2 Å². The number of nitrogens with zero attached hydrogens (tertiary/aromatic N) is 1. The molecule has 1 heterocycles. The maximum atomic E-state index is 11.7. The predicted octanol–water partition coefficient (Wildman–Crippen LogP) is 3.64. The van der Waals surface area contributed by atoms with Crippen molar-refractivity contribution < 1.29 is 4.79 Å². The van der Waals surface area contributed by atoms with Gasteiger partial charge in [-0.2, -0.15) is 0 Å². The summed E-state index contributed by atoms with van der Waals surface area (Å²) >= 11 is 6.23. The van der Waals surface area contributed by atoms with Gasteiger partial charge in [0.15, 0.2) is 0 Å². The molecule has 1 fully saturated rings. The molecule has 0 aliphatic carbocycles. The van der Waals surface area contributed by atoms with Gasteiger partial charge in [0.25, 0.3) is 0 Å². The maximum absolute atomic E-state index is 11.7. The van der Waals surface area contributed by atoms with E-state index in [-0.39, 0.29) is 36.8 Å². The van der Waals surface area contributed by atoms with E-state index in [9.17, 15) is 4.79 Å². The molecule has 0 bridgehead atoms. The average molecular weight is 411 g/mol. The van der Waals surface area contributed by atoms with Gasteiger partial charge >= 0.3 is 0 Å². The van der Waals surface area contributed by atoms with Crippen molar-refractivity contribution in [3.05, 3.63) is 34.9 Å². The van der Waals surface area contributed by atoms with E-state index in [1.54, 1.807) is 0 Å². The summed E-state index contributed by atoms with van der Waals surface area (Å²) in [6.45, 7) is 5.75. The van der Waals surface area contributed by atoms with E-state index in [4.69, 9.17) is 17.3 Å². The molecule has 7 heteroatoms. The van der Waals surface area contributed by atoms with Crippen molar-refractivity contribution in [2.45, 2.75) is 45.2 Å². The van der Waals surface area contributed by atoms with Gasteiger partial charge in [-0.25, -0.2) is 0 Å². The van der Waals surface area contributed by atoms with Crippen LogP contribution >= 0.6 is 36.4 Å². The Bertz CT molecular complexity index is 506. The van der Waals surface area contributed by atoms with E-state index >= 15 is 0 Å². The summed E-state index contributed by atoms with van der Waals surface area (Å²) in [7, 11) is 0. The first-order valence-electron chi connectivity index (χ1n) is 8.52. The molecule has 4 nitrogen and oxygen atoms in total. The van der Waals surface area contributed by atoms with Gasteiger partial charge in [0.2, 0.25) is 5.91 Å². The lowest BCUT2D eigenvalue weighted by atomic mass is 9.96. The minimum Gasteiger partial charge on any atom is -0.356 e. The van der Waals surface area contributed by atoms with Gasteiger partial charge in [-0.1, -0.05) is 29.8 Å². The molecule has 0 saturated carbocycles. The minimum absolute atomic E-state index is 0. The fourth-order valence-electron chi connectivity index (χ4n) is 2.92. The number of hydrogen-bond acceptors (Lipinski definition) is 3. The molecule has 0 radical (unpaired) electrons. The highest BCUT2D eigenvalue weighted by Gasteiger charge is 2.20. The summed E-state index contributed by atoms with van der Waals surface area (Å²) in [6, 6.07) is 8.13. The van der Waals surface area contributed by atoms with E-state index in [0.29, 0.717) is 12.3 Å². The molecule has 0 spiro atoms. The Morgan fingerprint density at radius 2 is 1.96 bits per heavy atom. The van der Waals surface area contributed by atoms with Crippen molar-refractivity contribution in [3.8, 4) is 0 Å². The number of hydrogen-bond donors (Lipinski definition) is 2. The van der Waals surface area contributed by atoms with Gasteiger partial charge < -0.3 is 11.1 Å². The number of benzene rings is 1. The van der Waals surface area contributed by atoms with Crippen LogP contribution in [0.2, 0.25) is 5.02 Å². The van der Waals surface area contributed by atoms with Crippen LogP contribution in [0.15, 0.2) is 24.3 Å². The number of nitrogens with one attached hydrogen (secondary N) is 1. The summed E-state index contributed by atoms with van der Waals surface area (Å²) in [5, 5.41) is 3.89. The summed E-state index contributed by atoms with van der Waals surface area (Å²) in [5.41, 5.74) is 6.87. The first kappa shape index (κ1) is 24.5. The molecular weight excluding hydrogens is 381 g/mol. The Morgan fingerprint density at radius 3 is 2.56 bits per heavy atom. The Kier molecular flexibility index (Phi) is 12.5. The number of piperidine rings is 1. The van der Waals surface area contributed by atoms with E-state index in [0.717, 1.165) is 50.5 Å². The monoisotopic (exact) mass is 409 g/mol. The Balaban J connectivity index is 0.00000288. The molecule has 1 aromatic carbocycles. The van der Waals surface area contributed by atoms with Crippen LogP contribution in [-0.2, 0) is 11.3 Å². The van der Waals surface area contributed by atoms with Gasteiger partial charge in [0.05, 0.1) is 0 Å². The van der Waals surface area contributed by atoms with Gasteiger partial charge in [0, 0.05) is 30.6 Å². The Hall–Kier alpha value is -0.520. The zero-order valence-electron chi connectivity index (χ0n) is 14.7. The molecule has 2 rings (SSSR count). The van der Waals surface area contributed by atoms with Crippen LogP contribution in [-0.4, -0.2) is 36.5 Å². The fraction of sp³-hybridized carbons (Fsp3) is 0.611. The molecule has 25 heavy (non-hydrogen) atoms. The molecule has 1 aromatic rings. The normalized spacial score (nSPS) is 16.4. The highest BCUT2D eigenvalue weighted by molar-refractivity contribution is 6.31. The molecule has 1 aliphatic rings. The quantitative estimate of drug-likeness (QED) is 0.721. The standard InChI is InChI=1S/C18H28ClN3O.2ClH/c1-14(20)6-7-18(23)21-12-15-8-10-22(11-9-15)13-16-4-2-3-5-17(16)19;;/h2-5,14-15H,6-13,20H2,1H3,(H,21,23);2*1H. The third kappa shape index (κ3) is 9.11. The number of likely N-dealkylation sites (tertiary alicyclic amines) is 1.